The Hall–Kier alpha value is -0.640. The van der Waals surface area contributed by atoms with Crippen LogP contribution in [-0.4, -0.2) is 10.2 Å². The molecule has 0 N–H and O–H groups in total. The average Bonchev–Trinajstić information content (AvgIpc) is 2.29. The van der Waals surface area contributed by atoms with Gasteiger partial charge in [0.15, 0.2) is 0 Å². The van der Waals surface area contributed by atoms with Crippen molar-refractivity contribution in [2.45, 2.75) is 19.9 Å². The van der Waals surface area contributed by atoms with Crippen molar-refractivity contribution in [2.24, 2.45) is 0 Å². The highest BCUT2D eigenvalue weighted by Crippen LogP contribution is 2.37. The van der Waals surface area contributed by atoms with Crippen LogP contribution in [0.25, 0.3) is 0 Å². The third-order valence-corrected chi connectivity index (χ3v) is 4.36. The lowest BCUT2D eigenvalue weighted by molar-refractivity contribution is -0.125. The topological polar surface area (TPSA) is 20.3 Å². The number of halogens is 2. The van der Waals surface area contributed by atoms with Crippen LogP contribution in [0.5, 0.6) is 0 Å². The SMILES string of the molecule is Cc1ccc(CN2SC(Cl)=C(Cl)CC2=O)cc1. The highest BCUT2D eigenvalue weighted by molar-refractivity contribution is 8.03. The van der Waals surface area contributed by atoms with Crippen LogP contribution in [0.4, 0.5) is 0 Å². The first-order valence-corrected chi connectivity index (χ1v) is 6.67. The molecule has 2 nitrogen and oxygen atoms in total. The predicted octanol–water partition coefficient (Wildman–Crippen LogP) is 4.02. The van der Waals surface area contributed by atoms with Gasteiger partial charge in [0, 0.05) is 11.9 Å². The Kier molecular flexibility index (Phi) is 4.02. The van der Waals surface area contributed by atoms with Gasteiger partial charge in [0.2, 0.25) is 5.91 Å². The fourth-order valence-corrected chi connectivity index (χ4v) is 2.75. The number of aryl methyl sites for hydroxylation is 1. The number of hydrogen-bond acceptors (Lipinski definition) is 2. The number of carbonyl (C=O) groups excluding carboxylic acids is 1. The zero-order valence-electron chi connectivity index (χ0n) is 9.24. The van der Waals surface area contributed by atoms with Crippen LogP contribution in [0, 0.1) is 6.92 Å². The molecule has 1 aromatic rings. The summed E-state index contributed by atoms with van der Waals surface area (Å²) >= 11 is 13.0. The van der Waals surface area contributed by atoms with E-state index in [9.17, 15) is 4.79 Å². The van der Waals surface area contributed by atoms with E-state index in [1.165, 1.54) is 17.5 Å². The van der Waals surface area contributed by atoms with Crippen LogP contribution in [-0.2, 0) is 11.3 Å². The summed E-state index contributed by atoms with van der Waals surface area (Å²) in [6.45, 7) is 2.58. The molecule has 0 atom stereocenters. The van der Waals surface area contributed by atoms with E-state index in [4.69, 9.17) is 23.2 Å². The fraction of sp³-hybridized carbons (Fsp3) is 0.250. The Bertz CT molecular complexity index is 470. The molecule has 1 heterocycles. The van der Waals surface area contributed by atoms with E-state index < -0.39 is 0 Å². The van der Waals surface area contributed by atoms with E-state index in [0.717, 1.165) is 5.56 Å². The molecule has 0 unspecified atom stereocenters. The molecule has 0 fully saturated rings. The fourth-order valence-electron chi connectivity index (χ4n) is 1.47. The van der Waals surface area contributed by atoms with Crippen molar-refractivity contribution in [3.8, 4) is 0 Å². The Morgan fingerprint density at radius 3 is 2.59 bits per heavy atom. The molecule has 1 aromatic carbocycles. The van der Waals surface area contributed by atoms with Crippen molar-refractivity contribution < 1.29 is 4.79 Å². The van der Waals surface area contributed by atoms with Gasteiger partial charge < -0.3 is 0 Å². The largest absolute Gasteiger partial charge is 0.277 e. The zero-order valence-corrected chi connectivity index (χ0v) is 11.6. The monoisotopic (exact) mass is 287 g/mol. The Labute approximate surface area is 115 Å². The van der Waals surface area contributed by atoms with Crippen LogP contribution < -0.4 is 0 Å². The van der Waals surface area contributed by atoms with Gasteiger partial charge in [0.05, 0.1) is 18.0 Å². The van der Waals surface area contributed by atoms with E-state index in [0.29, 0.717) is 15.9 Å². The minimum atomic E-state index is -0.00928. The molecule has 0 aromatic heterocycles. The third-order valence-electron chi connectivity index (χ3n) is 2.43. The van der Waals surface area contributed by atoms with Gasteiger partial charge in [-0.15, -0.1) is 0 Å². The summed E-state index contributed by atoms with van der Waals surface area (Å²) < 4.78 is 2.12. The number of carbonyl (C=O) groups is 1. The quantitative estimate of drug-likeness (QED) is 0.766. The van der Waals surface area contributed by atoms with Crippen LogP contribution in [0.3, 0.4) is 0 Å². The Balaban J connectivity index is 2.09. The molecule has 0 radical (unpaired) electrons. The van der Waals surface area contributed by atoms with Gasteiger partial charge in [-0.2, -0.15) is 0 Å². The Morgan fingerprint density at radius 1 is 1.29 bits per heavy atom. The van der Waals surface area contributed by atoms with E-state index in [1.54, 1.807) is 4.31 Å². The lowest BCUT2D eigenvalue weighted by atomic mass is 10.1. The zero-order chi connectivity index (χ0) is 12.4. The summed E-state index contributed by atoms with van der Waals surface area (Å²) in [7, 11) is 0. The predicted molar refractivity (Wildman–Crippen MR) is 72.7 cm³/mol. The molecule has 1 aliphatic heterocycles. The highest BCUT2D eigenvalue weighted by atomic mass is 35.5. The van der Waals surface area contributed by atoms with Crippen molar-refractivity contribution in [3.63, 3.8) is 0 Å². The maximum Gasteiger partial charge on any atom is 0.238 e. The van der Waals surface area contributed by atoms with E-state index in [1.807, 2.05) is 31.2 Å². The lowest BCUT2D eigenvalue weighted by Gasteiger charge is -2.25. The summed E-state index contributed by atoms with van der Waals surface area (Å²) in [5.41, 5.74) is 2.28. The summed E-state index contributed by atoms with van der Waals surface area (Å²) in [6.07, 6.45) is 0.194. The normalized spacial score (nSPS) is 16.6. The van der Waals surface area contributed by atoms with Crippen LogP contribution in [0.1, 0.15) is 17.5 Å². The van der Waals surface area contributed by atoms with Crippen molar-refractivity contribution in [1.82, 2.24) is 4.31 Å². The Morgan fingerprint density at radius 2 is 1.94 bits per heavy atom. The van der Waals surface area contributed by atoms with Crippen molar-refractivity contribution in [2.75, 3.05) is 0 Å². The summed E-state index contributed by atoms with van der Waals surface area (Å²) in [6, 6.07) is 8.08. The van der Waals surface area contributed by atoms with Gasteiger partial charge in [0.25, 0.3) is 0 Å². The number of amides is 1. The number of hydrogen-bond donors (Lipinski definition) is 0. The van der Waals surface area contributed by atoms with Crippen LogP contribution in [0.15, 0.2) is 33.7 Å². The molecular formula is C12H11Cl2NOS. The average molecular weight is 288 g/mol. The van der Waals surface area contributed by atoms with Gasteiger partial charge >= 0.3 is 0 Å². The van der Waals surface area contributed by atoms with Gasteiger partial charge in [-0.3, -0.25) is 9.10 Å². The molecule has 1 amide bonds. The van der Waals surface area contributed by atoms with Gasteiger partial charge in [-0.05, 0) is 12.5 Å². The molecule has 5 heteroatoms. The number of nitrogens with zero attached hydrogens (tertiary/aromatic N) is 1. The first-order valence-electron chi connectivity index (χ1n) is 5.14. The van der Waals surface area contributed by atoms with Crippen LogP contribution in [0.2, 0.25) is 0 Å². The second-order valence-electron chi connectivity index (χ2n) is 3.86. The second kappa shape index (κ2) is 5.34. The lowest BCUT2D eigenvalue weighted by Crippen LogP contribution is -2.26. The van der Waals surface area contributed by atoms with Crippen molar-refractivity contribution >= 4 is 41.1 Å². The van der Waals surface area contributed by atoms with Gasteiger partial charge in [0.1, 0.15) is 4.36 Å². The summed E-state index contributed by atoms with van der Waals surface area (Å²) in [5.74, 6) is -0.00928. The molecule has 0 saturated carbocycles. The van der Waals surface area contributed by atoms with Gasteiger partial charge in [-0.1, -0.05) is 53.0 Å². The molecule has 17 heavy (non-hydrogen) atoms. The minimum absolute atomic E-state index is 0.00928. The maximum absolute atomic E-state index is 11.7. The molecular weight excluding hydrogens is 277 g/mol. The highest BCUT2D eigenvalue weighted by Gasteiger charge is 2.24. The van der Waals surface area contributed by atoms with E-state index in [-0.39, 0.29) is 12.3 Å². The second-order valence-corrected chi connectivity index (χ2v) is 5.95. The van der Waals surface area contributed by atoms with Crippen LogP contribution >= 0.6 is 35.1 Å². The summed E-state index contributed by atoms with van der Waals surface area (Å²) in [5, 5.41) is 0.432. The van der Waals surface area contributed by atoms with Crippen molar-refractivity contribution in [3.05, 3.63) is 44.8 Å². The molecule has 0 bridgehead atoms. The number of rotatable bonds is 2. The maximum atomic E-state index is 11.7. The van der Waals surface area contributed by atoms with Gasteiger partial charge in [-0.25, -0.2) is 0 Å². The number of benzene rings is 1. The standard InChI is InChI=1S/C12H11Cl2NOS/c1-8-2-4-9(5-3-8)7-15-11(16)6-10(13)12(14)17-15/h2-5H,6-7H2,1H3. The molecule has 0 aliphatic carbocycles. The summed E-state index contributed by atoms with van der Waals surface area (Å²) in [4.78, 5) is 11.7. The van der Waals surface area contributed by atoms with E-state index in [2.05, 4.69) is 0 Å². The van der Waals surface area contributed by atoms with E-state index >= 15 is 0 Å². The minimum Gasteiger partial charge on any atom is -0.277 e. The smallest absolute Gasteiger partial charge is 0.238 e. The third kappa shape index (κ3) is 3.18. The molecule has 0 spiro atoms. The first kappa shape index (κ1) is 12.8. The van der Waals surface area contributed by atoms with Crippen molar-refractivity contribution in [1.29, 1.82) is 0 Å². The first-order chi connectivity index (χ1) is 8.06. The molecule has 90 valence electrons. The molecule has 1 aliphatic rings. The molecule has 2 rings (SSSR count). The molecule has 0 saturated heterocycles.